The lowest BCUT2D eigenvalue weighted by Crippen LogP contribution is -2.29. The minimum Gasteiger partial charge on any atom is -0.288 e. The van der Waals surface area contributed by atoms with Crippen LogP contribution in [-0.2, 0) is 0 Å². The third kappa shape index (κ3) is 1.42. The van der Waals surface area contributed by atoms with Crippen LogP contribution in [0, 0.1) is 5.95 Å². The van der Waals surface area contributed by atoms with Gasteiger partial charge in [-0.15, -0.1) is 11.3 Å². The molecule has 2 aromatic heterocycles. The van der Waals surface area contributed by atoms with Crippen LogP contribution in [0.15, 0.2) is 12.3 Å². The van der Waals surface area contributed by atoms with Crippen molar-refractivity contribution in [3.8, 4) is 0 Å². The number of amides is 1. The molecule has 0 fully saturated rings. The zero-order chi connectivity index (χ0) is 10.1. The van der Waals surface area contributed by atoms with Crippen LogP contribution in [-0.4, -0.2) is 15.9 Å². The minimum absolute atomic E-state index is 0.190. The molecule has 0 unspecified atom stereocenters. The first-order chi connectivity index (χ1) is 6.70. The number of hydrogen-bond acceptors (Lipinski definition) is 5. The van der Waals surface area contributed by atoms with E-state index in [0.717, 1.165) is 11.3 Å². The first-order valence-corrected chi connectivity index (χ1v) is 4.45. The summed E-state index contributed by atoms with van der Waals surface area (Å²) in [5, 5.41) is 0.190. The molecule has 5 nitrogen and oxygen atoms in total. The van der Waals surface area contributed by atoms with Crippen LogP contribution in [0.5, 0.6) is 0 Å². The average molecular weight is 212 g/mol. The second-order valence-electron chi connectivity index (χ2n) is 2.47. The molecule has 2 rings (SSSR count). The molecule has 0 aliphatic heterocycles. The molecule has 0 spiro atoms. The van der Waals surface area contributed by atoms with E-state index in [0.29, 0.717) is 10.2 Å². The number of nitrogens with zero attached hydrogens (tertiary/aromatic N) is 2. The number of carbonyl (C=O) groups is 1. The van der Waals surface area contributed by atoms with Crippen molar-refractivity contribution in [1.82, 2.24) is 15.4 Å². The van der Waals surface area contributed by atoms with Crippen LogP contribution in [0.25, 0.3) is 10.2 Å². The molecule has 0 aromatic carbocycles. The molecule has 2 aromatic rings. The molecule has 3 N–H and O–H groups in total. The monoisotopic (exact) mass is 212 g/mol. The fraction of sp³-hybridized carbons (Fsp3) is 0. The van der Waals surface area contributed by atoms with Crippen molar-refractivity contribution in [3.05, 3.63) is 23.2 Å². The van der Waals surface area contributed by atoms with Gasteiger partial charge in [0.25, 0.3) is 5.91 Å². The third-order valence-electron chi connectivity index (χ3n) is 1.57. The van der Waals surface area contributed by atoms with Crippen LogP contribution in [0.4, 0.5) is 4.39 Å². The Hall–Kier alpha value is -1.60. The highest BCUT2D eigenvalue weighted by Crippen LogP contribution is 2.21. The van der Waals surface area contributed by atoms with Crippen molar-refractivity contribution in [1.29, 1.82) is 0 Å². The molecule has 7 heteroatoms. The van der Waals surface area contributed by atoms with Gasteiger partial charge in [0, 0.05) is 6.07 Å². The van der Waals surface area contributed by atoms with Crippen molar-refractivity contribution in [2.45, 2.75) is 0 Å². The number of fused-ring (bicyclic) bond motifs is 1. The fourth-order valence-electron chi connectivity index (χ4n) is 0.967. The SMILES string of the molecule is NNC(=O)c1nc2cnc(F)cc2s1. The van der Waals surface area contributed by atoms with Gasteiger partial charge in [-0.05, 0) is 0 Å². The molecular weight excluding hydrogens is 207 g/mol. The maximum Gasteiger partial charge on any atom is 0.294 e. The molecule has 1 amide bonds. The van der Waals surface area contributed by atoms with Crippen LogP contribution < -0.4 is 11.3 Å². The standard InChI is InChI=1S/C7H5FN4OS/c8-5-1-4-3(2-10-5)11-7(14-4)6(13)12-9/h1-2H,9H2,(H,12,13). The van der Waals surface area contributed by atoms with Gasteiger partial charge in [0.1, 0.15) is 5.52 Å². The summed E-state index contributed by atoms with van der Waals surface area (Å²) in [7, 11) is 0. The lowest BCUT2D eigenvalue weighted by molar-refractivity contribution is 0.0953. The van der Waals surface area contributed by atoms with E-state index in [4.69, 9.17) is 5.84 Å². The second-order valence-corrected chi connectivity index (χ2v) is 3.50. The van der Waals surface area contributed by atoms with Gasteiger partial charge in [0.05, 0.1) is 10.9 Å². The van der Waals surface area contributed by atoms with Crippen molar-refractivity contribution < 1.29 is 9.18 Å². The molecule has 2 heterocycles. The van der Waals surface area contributed by atoms with E-state index >= 15 is 0 Å². The highest BCUT2D eigenvalue weighted by Gasteiger charge is 2.11. The van der Waals surface area contributed by atoms with E-state index in [1.54, 1.807) is 0 Å². The van der Waals surface area contributed by atoms with Gasteiger partial charge in [-0.3, -0.25) is 10.2 Å². The molecule has 0 saturated heterocycles. The van der Waals surface area contributed by atoms with Gasteiger partial charge in [-0.2, -0.15) is 4.39 Å². The Bertz CT molecular complexity index is 497. The number of rotatable bonds is 1. The molecule has 0 atom stereocenters. The highest BCUT2D eigenvalue weighted by molar-refractivity contribution is 7.20. The molecule has 14 heavy (non-hydrogen) atoms. The van der Waals surface area contributed by atoms with Crippen LogP contribution in [0.3, 0.4) is 0 Å². The molecule has 72 valence electrons. The number of pyridine rings is 1. The first-order valence-electron chi connectivity index (χ1n) is 3.64. The predicted molar refractivity (Wildman–Crippen MR) is 49.0 cm³/mol. The number of hydrogen-bond donors (Lipinski definition) is 2. The van der Waals surface area contributed by atoms with Crippen LogP contribution >= 0.6 is 11.3 Å². The summed E-state index contributed by atoms with van der Waals surface area (Å²) in [6.07, 6.45) is 1.27. The van der Waals surface area contributed by atoms with Gasteiger partial charge >= 0.3 is 0 Å². The van der Waals surface area contributed by atoms with E-state index < -0.39 is 11.9 Å². The summed E-state index contributed by atoms with van der Waals surface area (Å²) in [5.41, 5.74) is 2.43. The smallest absolute Gasteiger partial charge is 0.288 e. The number of thiazole rings is 1. The zero-order valence-electron chi connectivity index (χ0n) is 6.82. The van der Waals surface area contributed by atoms with E-state index in [9.17, 15) is 9.18 Å². The maximum atomic E-state index is 12.7. The second kappa shape index (κ2) is 3.28. The number of nitrogens with one attached hydrogen (secondary N) is 1. The molecule has 0 aliphatic rings. The quantitative estimate of drug-likeness (QED) is 0.311. The van der Waals surface area contributed by atoms with Crippen LogP contribution in [0.2, 0.25) is 0 Å². The Morgan fingerprint density at radius 2 is 2.43 bits per heavy atom. The van der Waals surface area contributed by atoms with Crippen molar-refractivity contribution in [2.24, 2.45) is 5.84 Å². The number of hydrazine groups is 1. The third-order valence-corrected chi connectivity index (χ3v) is 2.58. The molecule has 0 bridgehead atoms. The predicted octanol–water partition coefficient (Wildman–Crippen LogP) is 0.434. The minimum atomic E-state index is -0.596. The normalized spacial score (nSPS) is 10.4. The summed E-state index contributed by atoms with van der Waals surface area (Å²) in [6.45, 7) is 0. The fourth-order valence-corrected chi connectivity index (χ4v) is 1.83. The van der Waals surface area contributed by atoms with Gasteiger partial charge in [0.2, 0.25) is 5.95 Å². The highest BCUT2D eigenvalue weighted by atomic mass is 32.1. The van der Waals surface area contributed by atoms with Gasteiger partial charge < -0.3 is 0 Å². The molecule has 0 aliphatic carbocycles. The summed E-state index contributed by atoms with van der Waals surface area (Å²) < 4.78 is 13.2. The number of halogens is 1. The Morgan fingerprint density at radius 1 is 1.64 bits per heavy atom. The molecule has 0 saturated carbocycles. The van der Waals surface area contributed by atoms with E-state index in [-0.39, 0.29) is 5.01 Å². The van der Waals surface area contributed by atoms with E-state index in [2.05, 4.69) is 9.97 Å². The number of nitrogen functional groups attached to an aromatic ring is 1. The van der Waals surface area contributed by atoms with Crippen molar-refractivity contribution >= 4 is 27.5 Å². The Kier molecular flexibility index (Phi) is 2.10. The van der Waals surface area contributed by atoms with Gasteiger partial charge in [-0.25, -0.2) is 15.8 Å². The number of nitrogens with two attached hydrogens (primary N) is 1. The average Bonchev–Trinajstić information content (AvgIpc) is 2.59. The largest absolute Gasteiger partial charge is 0.294 e. The number of aromatic nitrogens is 2. The first kappa shape index (κ1) is 8.97. The summed E-state index contributed by atoms with van der Waals surface area (Å²) in [5.74, 6) is 3.84. The topological polar surface area (TPSA) is 80.9 Å². The Labute approximate surface area is 81.7 Å². The Balaban J connectivity index is 2.56. The van der Waals surface area contributed by atoms with E-state index in [1.165, 1.54) is 12.3 Å². The molecule has 0 radical (unpaired) electrons. The van der Waals surface area contributed by atoms with Crippen LogP contribution in [0.1, 0.15) is 9.80 Å². The van der Waals surface area contributed by atoms with Crippen molar-refractivity contribution in [2.75, 3.05) is 0 Å². The maximum absolute atomic E-state index is 12.7. The van der Waals surface area contributed by atoms with E-state index in [1.807, 2.05) is 5.43 Å². The summed E-state index contributed by atoms with van der Waals surface area (Å²) in [6, 6.07) is 1.22. The summed E-state index contributed by atoms with van der Waals surface area (Å²) in [4.78, 5) is 18.4. The molecular formula is C7H5FN4OS. The van der Waals surface area contributed by atoms with Gasteiger partial charge in [0.15, 0.2) is 5.01 Å². The van der Waals surface area contributed by atoms with Gasteiger partial charge in [-0.1, -0.05) is 0 Å². The Morgan fingerprint density at radius 3 is 3.14 bits per heavy atom. The lowest BCUT2D eigenvalue weighted by Gasteiger charge is -1.89. The zero-order valence-corrected chi connectivity index (χ0v) is 7.64. The summed E-state index contributed by atoms with van der Waals surface area (Å²) >= 11 is 1.06. The van der Waals surface area contributed by atoms with Crippen molar-refractivity contribution in [3.63, 3.8) is 0 Å². The lowest BCUT2D eigenvalue weighted by atomic mass is 10.4. The number of carbonyl (C=O) groups excluding carboxylic acids is 1.